The van der Waals surface area contributed by atoms with Crippen LogP contribution in [0.5, 0.6) is 0 Å². The van der Waals surface area contributed by atoms with E-state index in [4.69, 9.17) is 15.9 Å². The Hall–Kier alpha value is -4.99. The number of anilines is 2. The molecule has 3 aromatic carbocycles. The summed E-state index contributed by atoms with van der Waals surface area (Å²) in [6.45, 7) is 1.40. The summed E-state index contributed by atoms with van der Waals surface area (Å²) < 4.78 is 0. The van der Waals surface area contributed by atoms with Crippen LogP contribution in [0.1, 0.15) is 39.1 Å². The first kappa shape index (κ1) is 25.1. The number of aromatic carboxylic acids is 2. The number of hydrazone groups is 2. The number of nitrogens with two attached hydrogens (primary N) is 1. The van der Waals surface area contributed by atoms with Gasteiger partial charge >= 0.3 is 11.9 Å². The lowest BCUT2D eigenvalue weighted by Gasteiger charge is -2.13. The second-order valence-electron chi connectivity index (χ2n) is 8.23. The van der Waals surface area contributed by atoms with Gasteiger partial charge in [-0.1, -0.05) is 42.5 Å². The molecule has 0 fully saturated rings. The summed E-state index contributed by atoms with van der Waals surface area (Å²) in [5, 5.41) is 29.9. The molecule has 0 amide bonds. The molecule has 2 aliphatic heterocycles. The van der Waals surface area contributed by atoms with Gasteiger partial charge in [0.2, 0.25) is 0 Å². The predicted octanol–water partition coefficient (Wildman–Crippen LogP) is 3.89. The molecule has 0 unspecified atom stereocenters. The molecule has 2 heterocycles. The Kier molecular flexibility index (Phi) is 7.89. The van der Waals surface area contributed by atoms with Crippen LogP contribution in [0.2, 0.25) is 0 Å². The van der Waals surface area contributed by atoms with Crippen molar-refractivity contribution < 1.29 is 19.8 Å². The molecule has 188 valence electrons. The highest BCUT2D eigenvalue weighted by Gasteiger charge is 2.17. The van der Waals surface area contributed by atoms with E-state index in [2.05, 4.69) is 15.2 Å². The smallest absolute Gasteiger partial charge is 0.335 e. The molecule has 0 spiro atoms. The Bertz CT molecular complexity index is 1370. The van der Waals surface area contributed by atoms with Crippen molar-refractivity contribution in [2.45, 2.75) is 12.8 Å². The van der Waals surface area contributed by atoms with Crippen molar-refractivity contribution in [3.63, 3.8) is 0 Å². The normalized spacial score (nSPS) is 14.7. The summed E-state index contributed by atoms with van der Waals surface area (Å²) in [7, 11) is 0. The van der Waals surface area contributed by atoms with Crippen LogP contribution in [0.15, 0.2) is 94.1 Å². The molecule has 5 rings (SSSR count). The van der Waals surface area contributed by atoms with E-state index in [1.54, 1.807) is 52.6 Å². The van der Waals surface area contributed by atoms with E-state index >= 15 is 0 Å². The van der Waals surface area contributed by atoms with Crippen molar-refractivity contribution in [2.75, 3.05) is 23.1 Å². The topological polar surface area (TPSA) is 144 Å². The van der Waals surface area contributed by atoms with E-state index in [-0.39, 0.29) is 11.1 Å². The molecular weight excluding hydrogens is 472 g/mol. The molecule has 10 heteroatoms. The first-order valence-corrected chi connectivity index (χ1v) is 11.6. The van der Waals surface area contributed by atoms with Gasteiger partial charge in [0, 0.05) is 32.1 Å². The van der Waals surface area contributed by atoms with Crippen molar-refractivity contribution in [2.24, 2.45) is 20.9 Å². The number of rotatable bonds is 5. The lowest BCUT2D eigenvalue weighted by molar-refractivity contribution is 0.0686. The molecule has 2 aliphatic rings. The number of nitrogens with zero attached hydrogens (tertiary/aromatic N) is 5. The second-order valence-corrected chi connectivity index (χ2v) is 8.23. The third-order valence-corrected chi connectivity index (χ3v) is 5.56. The second kappa shape index (κ2) is 11.6. The number of amidine groups is 2. The molecule has 0 radical (unpaired) electrons. The van der Waals surface area contributed by atoms with Gasteiger partial charge in [0.05, 0.1) is 22.5 Å². The highest BCUT2D eigenvalue weighted by molar-refractivity contribution is 5.96. The van der Waals surface area contributed by atoms with Crippen LogP contribution < -0.4 is 15.8 Å². The Balaban J connectivity index is 0.000000186. The van der Waals surface area contributed by atoms with Crippen molar-refractivity contribution in [3.05, 3.63) is 95.6 Å². The molecule has 4 N–H and O–H groups in total. The minimum atomic E-state index is -0.938. The van der Waals surface area contributed by atoms with Crippen LogP contribution in [0, 0.1) is 0 Å². The van der Waals surface area contributed by atoms with Crippen LogP contribution in [-0.2, 0) is 0 Å². The predicted molar refractivity (Wildman–Crippen MR) is 144 cm³/mol. The fourth-order valence-electron chi connectivity index (χ4n) is 3.67. The zero-order chi connectivity index (χ0) is 26.2. The molecule has 0 saturated heterocycles. The maximum Gasteiger partial charge on any atom is 0.335 e. The zero-order valence-electron chi connectivity index (χ0n) is 19.9. The van der Waals surface area contributed by atoms with Crippen LogP contribution in [-0.4, -0.2) is 53.1 Å². The van der Waals surface area contributed by atoms with Gasteiger partial charge in [0.1, 0.15) is 5.84 Å². The van der Waals surface area contributed by atoms with Crippen molar-refractivity contribution in [1.82, 2.24) is 0 Å². The average Bonchev–Trinajstić information content (AvgIpc) is 3.58. The first-order chi connectivity index (χ1) is 17.9. The fraction of sp³-hybridized carbons (Fsp3) is 0.148. The number of carbonyl (C=O) groups is 2. The van der Waals surface area contributed by atoms with Gasteiger partial charge in [-0.2, -0.15) is 10.2 Å². The highest BCUT2D eigenvalue weighted by atomic mass is 16.4. The van der Waals surface area contributed by atoms with Crippen LogP contribution in [0.4, 0.5) is 11.4 Å². The number of aliphatic imine (C=N–C) groups is 1. The van der Waals surface area contributed by atoms with Crippen molar-refractivity contribution >= 4 is 41.2 Å². The number of carboxylic acids is 2. The number of carboxylic acid groups (broad SMARTS) is 2. The Labute approximate surface area is 213 Å². The van der Waals surface area contributed by atoms with E-state index in [9.17, 15) is 9.59 Å². The molecule has 0 aromatic heterocycles. The van der Waals surface area contributed by atoms with E-state index in [1.165, 1.54) is 0 Å². The SMILES string of the molecule is NC1=NN(c2cccc(C(=O)O)c2)CC1.O=C(O)c1cccc(N2CCC(N=Cc3ccccc3)=N2)c1. The van der Waals surface area contributed by atoms with Gasteiger partial charge in [-0.15, -0.1) is 0 Å². The van der Waals surface area contributed by atoms with Gasteiger partial charge in [-0.3, -0.25) is 10.0 Å². The molecule has 0 saturated carbocycles. The summed E-state index contributed by atoms with van der Waals surface area (Å²) in [4.78, 5) is 26.2. The van der Waals surface area contributed by atoms with E-state index in [0.717, 1.165) is 35.6 Å². The monoisotopic (exact) mass is 498 g/mol. The molecule has 3 aromatic rings. The van der Waals surface area contributed by atoms with Crippen molar-refractivity contribution in [3.8, 4) is 0 Å². The van der Waals surface area contributed by atoms with E-state index in [1.807, 2.05) is 42.5 Å². The van der Waals surface area contributed by atoms with Gasteiger partial charge in [0.25, 0.3) is 0 Å². The van der Waals surface area contributed by atoms with Gasteiger partial charge in [0.15, 0.2) is 5.84 Å². The summed E-state index contributed by atoms with van der Waals surface area (Å²) >= 11 is 0. The van der Waals surface area contributed by atoms with E-state index in [0.29, 0.717) is 18.9 Å². The van der Waals surface area contributed by atoms with Crippen molar-refractivity contribution in [1.29, 1.82) is 0 Å². The van der Waals surface area contributed by atoms with Gasteiger partial charge in [-0.05, 0) is 42.0 Å². The summed E-state index contributed by atoms with van der Waals surface area (Å²) in [6.07, 6.45) is 3.24. The quantitative estimate of drug-likeness (QED) is 0.453. The highest BCUT2D eigenvalue weighted by Crippen LogP contribution is 2.21. The van der Waals surface area contributed by atoms with Gasteiger partial charge < -0.3 is 15.9 Å². The van der Waals surface area contributed by atoms with Crippen LogP contribution >= 0.6 is 0 Å². The number of hydrogen-bond donors (Lipinski definition) is 3. The minimum absolute atomic E-state index is 0.258. The lowest BCUT2D eigenvalue weighted by Crippen LogP contribution is -2.12. The zero-order valence-corrected chi connectivity index (χ0v) is 19.9. The third-order valence-electron chi connectivity index (χ3n) is 5.56. The molecular formula is C27H26N6O4. The minimum Gasteiger partial charge on any atom is -0.478 e. The Morgan fingerprint density at radius 2 is 1.35 bits per heavy atom. The Morgan fingerprint density at radius 3 is 1.89 bits per heavy atom. The number of hydrogen-bond acceptors (Lipinski definition) is 8. The Morgan fingerprint density at radius 1 is 0.784 bits per heavy atom. The first-order valence-electron chi connectivity index (χ1n) is 11.6. The van der Waals surface area contributed by atoms with E-state index < -0.39 is 11.9 Å². The standard InChI is InChI=1S/C17H15N3O2.C10H11N3O2/c21-17(22)14-7-4-8-15(11-14)20-10-9-16(19-20)18-12-13-5-2-1-3-6-13;11-9-4-5-13(12-9)8-3-1-2-7(6-8)10(14)15/h1-8,11-12H,9-10H2,(H,21,22);1-3,6H,4-5H2,(H2,11,12)(H,14,15). The van der Waals surface area contributed by atoms with Gasteiger partial charge in [-0.25, -0.2) is 14.6 Å². The molecule has 0 aliphatic carbocycles. The summed E-state index contributed by atoms with van der Waals surface area (Å²) in [6, 6.07) is 23.2. The third kappa shape index (κ3) is 6.79. The molecule has 37 heavy (non-hydrogen) atoms. The van der Waals surface area contributed by atoms with Crippen LogP contribution in [0.3, 0.4) is 0 Å². The molecule has 10 nitrogen and oxygen atoms in total. The fourth-order valence-corrected chi connectivity index (χ4v) is 3.67. The van der Waals surface area contributed by atoms with Crippen LogP contribution in [0.25, 0.3) is 0 Å². The largest absolute Gasteiger partial charge is 0.478 e. The summed E-state index contributed by atoms with van der Waals surface area (Å²) in [5.74, 6) is -0.555. The maximum absolute atomic E-state index is 11.0. The maximum atomic E-state index is 11.0. The molecule has 0 atom stereocenters. The summed E-state index contributed by atoms with van der Waals surface area (Å²) in [5.41, 5.74) is 8.62. The lowest BCUT2D eigenvalue weighted by atomic mass is 10.2. The number of benzene rings is 3. The molecule has 0 bridgehead atoms. The average molecular weight is 499 g/mol.